The highest BCUT2D eigenvalue weighted by Gasteiger charge is 2.35. The zero-order chi connectivity index (χ0) is 14.4. The molecule has 2 aliphatic rings. The molecule has 0 amide bonds. The third-order valence-corrected chi connectivity index (χ3v) is 5.47. The maximum Gasteiger partial charge on any atom is 0.00503 e. The van der Waals surface area contributed by atoms with Gasteiger partial charge in [0.1, 0.15) is 0 Å². The van der Waals surface area contributed by atoms with Crippen LogP contribution in [-0.4, -0.2) is 37.6 Å². The Kier molecular flexibility index (Phi) is 6.35. The minimum absolute atomic E-state index is 0.579. The Hall–Kier alpha value is -0.0800. The number of likely N-dealkylation sites (tertiary alicyclic amines) is 1. The Bertz CT molecular complexity index is 269. The minimum Gasteiger partial charge on any atom is -0.316 e. The largest absolute Gasteiger partial charge is 0.316 e. The van der Waals surface area contributed by atoms with Crippen LogP contribution >= 0.6 is 0 Å². The Balaban J connectivity index is 1.86. The van der Waals surface area contributed by atoms with Crippen molar-refractivity contribution in [1.82, 2.24) is 10.2 Å². The van der Waals surface area contributed by atoms with Gasteiger partial charge >= 0.3 is 0 Å². The molecule has 2 nitrogen and oxygen atoms in total. The van der Waals surface area contributed by atoms with E-state index in [0.29, 0.717) is 5.41 Å². The Morgan fingerprint density at radius 1 is 1.20 bits per heavy atom. The van der Waals surface area contributed by atoms with Crippen LogP contribution in [-0.2, 0) is 0 Å². The first-order valence-electron chi connectivity index (χ1n) is 9.06. The van der Waals surface area contributed by atoms with Crippen LogP contribution in [0.1, 0.15) is 65.7 Å². The Morgan fingerprint density at radius 2 is 1.95 bits per heavy atom. The van der Waals surface area contributed by atoms with Crippen LogP contribution in [0.25, 0.3) is 0 Å². The number of nitrogens with one attached hydrogen (secondary N) is 1. The van der Waals surface area contributed by atoms with Crippen molar-refractivity contribution in [2.24, 2.45) is 17.3 Å². The summed E-state index contributed by atoms with van der Waals surface area (Å²) in [5.74, 6) is 1.74. The molecular weight excluding hydrogens is 244 g/mol. The molecule has 1 N–H and O–H groups in total. The van der Waals surface area contributed by atoms with Crippen molar-refractivity contribution in [3.05, 3.63) is 0 Å². The monoisotopic (exact) mass is 280 g/mol. The van der Waals surface area contributed by atoms with Crippen molar-refractivity contribution in [3.63, 3.8) is 0 Å². The normalized spacial score (nSPS) is 27.3. The topological polar surface area (TPSA) is 15.3 Å². The molecule has 1 saturated carbocycles. The van der Waals surface area contributed by atoms with Gasteiger partial charge in [0.2, 0.25) is 0 Å². The molecule has 0 aromatic carbocycles. The number of nitrogens with zero attached hydrogens (tertiary/aromatic N) is 1. The Labute approximate surface area is 126 Å². The molecule has 2 fully saturated rings. The van der Waals surface area contributed by atoms with Gasteiger partial charge in [0, 0.05) is 19.6 Å². The third-order valence-electron chi connectivity index (χ3n) is 5.47. The first-order chi connectivity index (χ1) is 9.63. The van der Waals surface area contributed by atoms with Crippen LogP contribution in [0.3, 0.4) is 0 Å². The molecule has 1 saturated heterocycles. The summed E-state index contributed by atoms with van der Waals surface area (Å²) in [6, 6.07) is 0. The highest BCUT2D eigenvalue weighted by molar-refractivity contribution is 4.90. The number of hydrogen-bond acceptors (Lipinski definition) is 2. The molecule has 2 rings (SSSR count). The summed E-state index contributed by atoms with van der Waals surface area (Å²) in [4.78, 5) is 2.77. The van der Waals surface area contributed by atoms with Crippen molar-refractivity contribution in [3.8, 4) is 0 Å². The Morgan fingerprint density at radius 3 is 2.55 bits per heavy atom. The molecule has 20 heavy (non-hydrogen) atoms. The van der Waals surface area contributed by atoms with Gasteiger partial charge in [-0.05, 0) is 49.6 Å². The van der Waals surface area contributed by atoms with E-state index in [0.717, 1.165) is 11.8 Å². The lowest BCUT2D eigenvalue weighted by Gasteiger charge is -2.41. The van der Waals surface area contributed by atoms with Crippen molar-refractivity contribution < 1.29 is 0 Å². The predicted octanol–water partition coefficient (Wildman–Crippen LogP) is 3.91. The van der Waals surface area contributed by atoms with Gasteiger partial charge in [0.25, 0.3) is 0 Å². The van der Waals surface area contributed by atoms with Crippen LogP contribution in [0.2, 0.25) is 0 Å². The first-order valence-corrected chi connectivity index (χ1v) is 9.06. The summed E-state index contributed by atoms with van der Waals surface area (Å²) in [6.45, 7) is 13.5. The zero-order valence-electron chi connectivity index (χ0n) is 14.1. The molecule has 0 aromatic rings. The molecule has 2 heteroatoms. The van der Waals surface area contributed by atoms with Gasteiger partial charge in [-0.25, -0.2) is 0 Å². The van der Waals surface area contributed by atoms with Gasteiger partial charge in [-0.3, -0.25) is 0 Å². The summed E-state index contributed by atoms with van der Waals surface area (Å²) in [6.07, 6.45) is 10.1. The van der Waals surface area contributed by atoms with Gasteiger partial charge in [0.15, 0.2) is 0 Å². The van der Waals surface area contributed by atoms with E-state index < -0.39 is 0 Å². The molecule has 1 heterocycles. The maximum absolute atomic E-state index is 3.77. The summed E-state index contributed by atoms with van der Waals surface area (Å²) in [7, 11) is 0. The third kappa shape index (κ3) is 4.73. The van der Waals surface area contributed by atoms with Crippen LogP contribution in [0.15, 0.2) is 0 Å². The molecular formula is C18H36N2. The van der Waals surface area contributed by atoms with E-state index in [4.69, 9.17) is 0 Å². The smallest absolute Gasteiger partial charge is 0.00503 e. The van der Waals surface area contributed by atoms with Crippen LogP contribution < -0.4 is 5.32 Å². The van der Waals surface area contributed by atoms with Gasteiger partial charge in [-0.15, -0.1) is 0 Å². The van der Waals surface area contributed by atoms with Gasteiger partial charge in [0.05, 0.1) is 0 Å². The highest BCUT2D eigenvalue weighted by atomic mass is 15.2. The highest BCUT2D eigenvalue weighted by Crippen LogP contribution is 2.37. The molecule has 0 aromatic heterocycles. The molecule has 118 valence electrons. The van der Waals surface area contributed by atoms with E-state index in [9.17, 15) is 0 Å². The second-order valence-corrected chi connectivity index (χ2v) is 7.88. The summed E-state index contributed by atoms with van der Waals surface area (Å²) in [5, 5.41) is 3.77. The fraction of sp³-hybridized carbons (Fsp3) is 1.00. The molecule has 1 atom stereocenters. The minimum atomic E-state index is 0.579. The van der Waals surface area contributed by atoms with Crippen LogP contribution in [0.4, 0.5) is 0 Å². The van der Waals surface area contributed by atoms with Crippen molar-refractivity contribution in [1.29, 1.82) is 0 Å². The summed E-state index contributed by atoms with van der Waals surface area (Å²) >= 11 is 0. The molecule has 0 bridgehead atoms. The molecule has 1 aliphatic carbocycles. The van der Waals surface area contributed by atoms with Crippen LogP contribution in [0, 0.1) is 17.3 Å². The SMILES string of the molecule is CCC1CCN(CC2(CNCC(C)C)CCCCC2)C1. The zero-order valence-corrected chi connectivity index (χ0v) is 14.1. The van der Waals surface area contributed by atoms with Crippen LogP contribution in [0.5, 0.6) is 0 Å². The second-order valence-electron chi connectivity index (χ2n) is 7.88. The quantitative estimate of drug-likeness (QED) is 0.760. The lowest BCUT2D eigenvalue weighted by atomic mass is 9.73. The van der Waals surface area contributed by atoms with E-state index in [-0.39, 0.29) is 0 Å². The molecule has 1 unspecified atom stereocenters. The average molecular weight is 280 g/mol. The lowest BCUT2D eigenvalue weighted by Crippen LogP contribution is -2.45. The van der Waals surface area contributed by atoms with Crippen molar-refractivity contribution in [2.75, 3.05) is 32.7 Å². The van der Waals surface area contributed by atoms with E-state index in [1.165, 1.54) is 77.7 Å². The average Bonchev–Trinajstić information content (AvgIpc) is 2.86. The summed E-state index contributed by atoms with van der Waals surface area (Å²) in [5.41, 5.74) is 0.579. The van der Waals surface area contributed by atoms with Gasteiger partial charge in [-0.1, -0.05) is 46.5 Å². The number of rotatable bonds is 7. The summed E-state index contributed by atoms with van der Waals surface area (Å²) < 4.78 is 0. The van der Waals surface area contributed by atoms with E-state index >= 15 is 0 Å². The molecule has 0 radical (unpaired) electrons. The molecule has 1 aliphatic heterocycles. The molecule has 0 spiro atoms. The van der Waals surface area contributed by atoms with Crippen molar-refractivity contribution >= 4 is 0 Å². The number of hydrogen-bond donors (Lipinski definition) is 1. The van der Waals surface area contributed by atoms with Gasteiger partial charge in [-0.2, -0.15) is 0 Å². The fourth-order valence-corrected chi connectivity index (χ4v) is 4.18. The predicted molar refractivity (Wildman–Crippen MR) is 88.1 cm³/mol. The van der Waals surface area contributed by atoms with E-state index in [2.05, 4.69) is 31.0 Å². The fourth-order valence-electron chi connectivity index (χ4n) is 4.18. The first kappa shape index (κ1) is 16.3. The standard InChI is InChI=1S/C18H36N2/c1-4-17-8-11-20(13-17)15-18(9-6-5-7-10-18)14-19-12-16(2)3/h16-17,19H,4-15H2,1-3H3. The van der Waals surface area contributed by atoms with Gasteiger partial charge < -0.3 is 10.2 Å². The van der Waals surface area contributed by atoms with E-state index in [1.807, 2.05) is 0 Å². The maximum atomic E-state index is 3.77. The van der Waals surface area contributed by atoms with E-state index in [1.54, 1.807) is 0 Å². The lowest BCUT2D eigenvalue weighted by molar-refractivity contribution is 0.113. The second kappa shape index (κ2) is 7.79. The van der Waals surface area contributed by atoms with Crippen molar-refractivity contribution in [2.45, 2.75) is 65.7 Å².